The molecule has 0 bridgehead atoms. The molecule has 0 saturated heterocycles. The van der Waals surface area contributed by atoms with Crippen LogP contribution in [-0.4, -0.2) is 21.9 Å². The van der Waals surface area contributed by atoms with E-state index < -0.39 is 5.97 Å². The zero-order chi connectivity index (χ0) is 11.5. The monoisotopic (exact) mass is 237 g/mol. The van der Waals surface area contributed by atoms with E-state index >= 15 is 0 Å². The number of aromatic amines is 1. The Bertz CT molecular complexity index is 506. The Morgan fingerprint density at radius 2 is 2.19 bits per heavy atom. The number of rotatable bonds is 4. The topological polar surface area (TPSA) is 53.1 Å². The molecule has 0 amide bonds. The van der Waals surface area contributed by atoms with E-state index in [1.807, 2.05) is 30.5 Å². The molecule has 1 atom stereocenters. The van der Waals surface area contributed by atoms with Crippen LogP contribution >= 0.6 is 11.6 Å². The second-order valence-corrected chi connectivity index (χ2v) is 4.05. The molecule has 1 heterocycles. The molecule has 0 fully saturated rings. The molecule has 3 nitrogen and oxygen atoms in total. The normalized spacial score (nSPS) is 12.8. The highest BCUT2D eigenvalue weighted by Gasteiger charge is 2.17. The second-order valence-electron chi connectivity index (χ2n) is 3.74. The number of nitrogens with one attached hydrogen (secondary N) is 1. The zero-order valence-corrected chi connectivity index (χ0v) is 9.37. The maximum absolute atomic E-state index is 10.7. The van der Waals surface area contributed by atoms with Crippen LogP contribution in [0.25, 0.3) is 10.9 Å². The number of carbonyl (C=O) groups is 1. The molecule has 0 saturated carbocycles. The highest BCUT2D eigenvalue weighted by atomic mass is 35.5. The van der Waals surface area contributed by atoms with Crippen LogP contribution in [0.1, 0.15) is 17.9 Å². The zero-order valence-electron chi connectivity index (χ0n) is 8.61. The number of fused-ring (bicyclic) bond motifs is 1. The Hall–Kier alpha value is -1.48. The van der Waals surface area contributed by atoms with E-state index in [2.05, 4.69) is 4.98 Å². The summed E-state index contributed by atoms with van der Waals surface area (Å²) in [6.07, 6.45) is 1.91. The van der Waals surface area contributed by atoms with Crippen molar-refractivity contribution in [2.45, 2.75) is 12.3 Å². The van der Waals surface area contributed by atoms with Crippen LogP contribution in [0.3, 0.4) is 0 Å². The Morgan fingerprint density at radius 3 is 2.88 bits per heavy atom. The summed E-state index contributed by atoms with van der Waals surface area (Å²) < 4.78 is 0. The first-order valence-electron chi connectivity index (χ1n) is 5.06. The molecule has 16 heavy (non-hydrogen) atoms. The lowest BCUT2D eigenvalue weighted by Crippen LogP contribution is -2.07. The van der Waals surface area contributed by atoms with E-state index in [0.717, 1.165) is 16.5 Å². The van der Waals surface area contributed by atoms with Gasteiger partial charge in [-0.1, -0.05) is 18.2 Å². The van der Waals surface area contributed by atoms with Crippen molar-refractivity contribution in [3.05, 3.63) is 36.0 Å². The van der Waals surface area contributed by atoms with Crippen molar-refractivity contribution < 1.29 is 9.90 Å². The average Bonchev–Trinajstić information content (AvgIpc) is 2.69. The fourth-order valence-corrected chi connectivity index (χ4v) is 2.17. The van der Waals surface area contributed by atoms with Crippen molar-refractivity contribution >= 4 is 28.5 Å². The number of aromatic nitrogens is 1. The van der Waals surface area contributed by atoms with Crippen molar-refractivity contribution in [2.75, 3.05) is 5.88 Å². The minimum Gasteiger partial charge on any atom is -0.481 e. The minimum atomic E-state index is -0.823. The van der Waals surface area contributed by atoms with Crippen LogP contribution in [0.5, 0.6) is 0 Å². The Morgan fingerprint density at radius 1 is 1.44 bits per heavy atom. The van der Waals surface area contributed by atoms with Gasteiger partial charge in [0.05, 0.1) is 6.42 Å². The largest absolute Gasteiger partial charge is 0.481 e. The van der Waals surface area contributed by atoms with Gasteiger partial charge in [-0.25, -0.2) is 0 Å². The van der Waals surface area contributed by atoms with Gasteiger partial charge in [0.15, 0.2) is 0 Å². The second kappa shape index (κ2) is 4.58. The first kappa shape index (κ1) is 11.0. The van der Waals surface area contributed by atoms with Crippen LogP contribution in [-0.2, 0) is 4.79 Å². The lowest BCUT2D eigenvalue weighted by Gasteiger charge is -2.09. The number of alkyl halides is 1. The fourth-order valence-electron chi connectivity index (χ4n) is 1.89. The summed E-state index contributed by atoms with van der Waals surface area (Å²) in [7, 11) is 0. The first-order valence-corrected chi connectivity index (χ1v) is 5.59. The lowest BCUT2D eigenvalue weighted by atomic mass is 9.97. The number of hydrogen-bond acceptors (Lipinski definition) is 1. The molecule has 0 aliphatic carbocycles. The maximum atomic E-state index is 10.7. The minimum absolute atomic E-state index is 0.0609. The molecule has 2 rings (SSSR count). The van der Waals surface area contributed by atoms with Gasteiger partial charge in [0.1, 0.15) is 0 Å². The molecule has 84 valence electrons. The quantitative estimate of drug-likeness (QED) is 0.804. The molecule has 1 unspecified atom stereocenters. The van der Waals surface area contributed by atoms with Crippen molar-refractivity contribution in [1.82, 2.24) is 4.98 Å². The number of para-hydroxylation sites is 1. The number of halogens is 1. The van der Waals surface area contributed by atoms with Gasteiger partial charge in [-0.3, -0.25) is 4.79 Å². The summed E-state index contributed by atoms with van der Waals surface area (Å²) in [6.45, 7) is 0. The molecule has 0 spiro atoms. The summed E-state index contributed by atoms with van der Waals surface area (Å²) in [4.78, 5) is 13.9. The first-order chi connectivity index (χ1) is 7.72. The van der Waals surface area contributed by atoms with Gasteiger partial charge in [-0.2, -0.15) is 0 Å². The predicted octanol–water partition coefficient (Wildman–Crippen LogP) is 2.97. The van der Waals surface area contributed by atoms with Gasteiger partial charge in [-0.05, 0) is 11.6 Å². The third-order valence-corrected chi connectivity index (χ3v) is 3.04. The molecular weight excluding hydrogens is 226 g/mol. The molecule has 2 aromatic rings. The van der Waals surface area contributed by atoms with Gasteiger partial charge in [0.2, 0.25) is 0 Å². The molecule has 1 aromatic carbocycles. The Kier molecular flexibility index (Phi) is 3.15. The van der Waals surface area contributed by atoms with E-state index in [4.69, 9.17) is 16.7 Å². The van der Waals surface area contributed by atoms with Gasteiger partial charge in [-0.15, -0.1) is 11.6 Å². The van der Waals surface area contributed by atoms with Crippen LogP contribution in [0.2, 0.25) is 0 Å². The number of hydrogen-bond donors (Lipinski definition) is 2. The van der Waals surface area contributed by atoms with Gasteiger partial charge < -0.3 is 10.1 Å². The van der Waals surface area contributed by atoms with Crippen LogP contribution < -0.4 is 0 Å². The molecule has 4 heteroatoms. The number of aliphatic carboxylic acids is 1. The van der Waals surface area contributed by atoms with E-state index in [1.165, 1.54) is 0 Å². The van der Waals surface area contributed by atoms with Crippen LogP contribution in [0.15, 0.2) is 30.5 Å². The van der Waals surface area contributed by atoms with Crippen LogP contribution in [0, 0.1) is 0 Å². The number of H-pyrrole nitrogens is 1. The fraction of sp³-hybridized carbons (Fsp3) is 0.250. The van der Waals surface area contributed by atoms with E-state index in [1.54, 1.807) is 0 Å². The molecule has 0 aliphatic rings. The Labute approximate surface area is 98.0 Å². The Balaban J connectivity index is 2.41. The van der Waals surface area contributed by atoms with E-state index in [-0.39, 0.29) is 12.3 Å². The molecule has 0 aliphatic heterocycles. The summed E-state index contributed by atoms with van der Waals surface area (Å²) in [5.41, 5.74) is 1.99. The van der Waals surface area contributed by atoms with Crippen molar-refractivity contribution in [1.29, 1.82) is 0 Å². The number of carboxylic acid groups (broad SMARTS) is 1. The van der Waals surface area contributed by atoms with Crippen molar-refractivity contribution in [3.63, 3.8) is 0 Å². The van der Waals surface area contributed by atoms with Gasteiger partial charge >= 0.3 is 5.97 Å². The summed E-state index contributed by atoms with van der Waals surface area (Å²) in [5.74, 6) is -0.653. The van der Waals surface area contributed by atoms with Gasteiger partial charge in [0, 0.05) is 28.9 Å². The third kappa shape index (κ3) is 2.04. The van der Waals surface area contributed by atoms with Crippen molar-refractivity contribution in [2.24, 2.45) is 0 Å². The lowest BCUT2D eigenvalue weighted by molar-refractivity contribution is -0.137. The number of carboxylic acids is 1. The van der Waals surface area contributed by atoms with Crippen molar-refractivity contribution in [3.8, 4) is 0 Å². The summed E-state index contributed by atoms with van der Waals surface area (Å²) >= 11 is 5.83. The third-order valence-electron chi connectivity index (χ3n) is 2.67. The predicted molar refractivity (Wildman–Crippen MR) is 64.0 cm³/mol. The smallest absolute Gasteiger partial charge is 0.304 e. The van der Waals surface area contributed by atoms with E-state index in [0.29, 0.717) is 5.88 Å². The van der Waals surface area contributed by atoms with E-state index in [9.17, 15) is 4.79 Å². The molecule has 1 aromatic heterocycles. The maximum Gasteiger partial charge on any atom is 0.304 e. The molecule has 2 N–H and O–H groups in total. The standard InChI is InChI=1S/C12H12ClNO2/c13-6-8(5-12(15)16)10-7-14-11-4-2-1-3-9(10)11/h1-4,7-8,14H,5-6H2,(H,15,16). The summed E-state index contributed by atoms with van der Waals surface area (Å²) in [6, 6.07) is 7.81. The molecular formula is C12H12ClNO2. The molecule has 0 radical (unpaired) electrons. The highest BCUT2D eigenvalue weighted by Crippen LogP contribution is 2.28. The SMILES string of the molecule is O=C(O)CC(CCl)c1c[nH]c2ccccc12. The summed E-state index contributed by atoms with van der Waals surface area (Å²) in [5, 5.41) is 9.87. The highest BCUT2D eigenvalue weighted by molar-refractivity contribution is 6.18. The van der Waals surface area contributed by atoms with Gasteiger partial charge in [0.25, 0.3) is 0 Å². The average molecular weight is 238 g/mol. The van der Waals surface area contributed by atoms with Crippen LogP contribution in [0.4, 0.5) is 0 Å². The number of benzene rings is 1.